The molecule has 2 nitrogen and oxygen atoms in total. The number of nitrogens with one attached hydrogen (secondary N) is 1. The Balaban J connectivity index is 2.28. The van der Waals surface area contributed by atoms with Gasteiger partial charge in [0.05, 0.1) is 11.6 Å². The topological polar surface area (TPSA) is 21.3 Å². The van der Waals surface area contributed by atoms with Crippen molar-refractivity contribution >= 4 is 17.3 Å². The predicted octanol–water partition coefficient (Wildman–Crippen LogP) is 3.32. The first-order valence-corrected chi connectivity index (χ1v) is 5.38. The Morgan fingerprint density at radius 2 is 2.20 bits per heavy atom. The summed E-state index contributed by atoms with van der Waals surface area (Å²) in [6, 6.07) is 4.56. The normalized spacial score (nSPS) is 10.3. The van der Waals surface area contributed by atoms with Gasteiger partial charge < -0.3 is 10.1 Å². The van der Waals surface area contributed by atoms with E-state index >= 15 is 0 Å². The van der Waals surface area contributed by atoms with Crippen molar-refractivity contribution in [2.75, 3.05) is 25.1 Å². The summed E-state index contributed by atoms with van der Waals surface area (Å²) in [7, 11) is 0. The van der Waals surface area contributed by atoms with Crippen molar-refractivity contribution in [2.45, 2.75) is 13.3 Å². The van der Waals surface area contributed by atoms with Crippen LogP contribution in [0.3, 0.4) is 0 Å². The zero-order valence-electron chi connectivity index (χ0n) is 8.72. The second-order valence-electron chi connectivity index (χ2n) is 3.17. The second kappa shape index (κ2) is 6.64. The highest BCUT2D eigenvalue weighted by atomic mass is 35.5. The van der Waals surface area contributed by atoms with Crippen LogP contribution in [0.25, 0.3) is 0 Å². The minimum absolute atomic E-state index is 0.134. The summed E-state index contributed by atoms with van der Waals surface area (Å²) in [4.78, 5) is 0. The van der Waals surface area contributed by atoms with Crippen molar-refractivity contribution in [1.29, 1.82) is 0 Å². The van der Waals surface area contributed by atoms with Crippen LogP contribution in [0.4, 0.5) is 10.1 Å². The van der Waals surface area contributed by atoms with Crippen molar-refractivity contribution in [3.63, 3.8) is 0 Å². The number of anilines is 1. The molecule has 0 aromatic heterocycles. The van der Waals surface area contributed by atoms with Crippen LogP contribution in [0.2, 0.25) is 5.02 Å². The van der Waals surface area contributed by atoms with Gasteiger partial charge in [0.15, 0.2) is 0 Å². The van der Waals surface area contributed by atoms with Gasteiger partial charge in [-0.15, -0.1) is 0 Å². The minimum Gasteiger partial charge on any atom is -0.383 e. The number of rotatable bonds is 6. The van der Waals surface area contributed by atoms with Crippen molar-refractivity contribution in [3.05, 3.63) is 29.0 Å². The average Bonchev–Trinajstić information content (AvgIpc) is 2.23. The molecule has 0 radical (unpaired) electrons. The van der Waals surface area contributed by atoms with Gasteiger partial charge in [-0.3, -0.25) is 0 Å². The summed E-state index contributed by atoms with van der Waals surface area (Å²) in [6.07, 6.45) is 1.02. The molecule has 4 heteroatoms. The van der Waals surface area contributed by atoms with E-state index in [1.54, 1.807) is 12.1 Å². The standard InChI is InChI=1S/C11H15ClFNO/c1-2-6-15-7-5-14-9-3-4-11(13)10(12)8-9/h3-4,8,14H,2,5-7H2,1H3. The van der Waals surface area contributed by atoms with Crippen LogP contribution >= 0.6 is 11.6 Å². The average molecular weight is 232 g/mol. The van der Waals surface area contributed by atoms with Gasteiger partial charge in [0.25, 0.3) is 0 Å². The first-order chi connectivity index (χ1) is 7.24. The van der Waals surface area contributed by atoms with Crippen molar-refractivity contribution in [1.82, 2.24) is 0 Å². The van der Waals surface area contributed by atoms with Gasteiger partial charge in [-0.1, -0.05) is 18.5 Å². The van der Waals surface area contributed by atoms with E-state index in [1.165, 1.54) is 6.07 Å². The van der Waals surface area contributed by atoms with E-state index in [4.69, 9.17) is 16.3 Å². The first kappa shape index (κ1) is 12.3. The summed E-state index contributed by atoms with van der Waals surface area (Å²) < 4.78 is 18.1. The highest BCUT2D eigenvalue weighted by molar-refractivity contribution is 6.31. The molecule has 0 unspecified atom stereocenters. The van der Waals surface area contributed by atoms with E-state index in [9.17, 15) is 4.39 Å². The molecule has 0 aliphatic heterocycles. The monoisotopic (exact) mass is 231 g/mol. The summed E-state index contributed by atoms with van der Waals surface area (Å²) >= 11 is 5.63. The van der Waals surface area contributed by atoms with Crippen LogP contribution in [-0.4, -0.2) is 19.8 Å². The summed E-state index contributed by atoms with van der Waals surface area (Å²) in [6.45, 7) is 4.17. The Kier molecular flexibility index (Phi) is 5.43. The molecular formula is C11H15ClFNO. The fourth-order valence-corrected chi connectivity index (χ4v) is 1.30. The van der Waals surface area contributed by atoms with Gasteiger partial charge in [0.1, 0.15) is 5.82 Å². The molecular weight excluding hydrogens is 217 g/mol. The summed E-state index contributed by atoms with van der Waals surface area (Å²) in [5.74, 6) is -0.399. The van der Waals surface area contributed by atoms with Crippen LogP contribution in [0.15, 0.2) is 18.2 Å². The highest BCUT2D eigenvalue weighted by Gasteiger charge is 1.99. The maximum Gasteiger partial charge on any atom is 0.141 e. The molecule has 0 spiro atoms. The van der Waals surface area contributed by atoms with E-state index in [-0.39, 0.29) is 5.02 Å². The molecule has 0 saturated carbocycles. The van der Waals surface area contributed by atoms with Gasteiger partial charge in [0.2, 0.25) is 0 Å². The summed E-state index contributed by atoms with van der Waals surface area (Å²) in [5.41, 5.74) is 0.807. The van der Waals surface area contributed by atoms with Gasteiger partial charge >= 0.3 is 0 Å². The zero-order chi connectivity index (χ0) is 11.1. The van der Waals surface area contributed by atoms with Gasteiger partial charge in [-0.2, -0.15) is 0 Å². The Morgan fingerprint density at radius 1 is 1.40 bits per heavy atom. The number of ether oxygens (including phenoxy) is 1. The van der Waals surface area contributed by atoms with E-state index < -0.39 is 5.82 Å². The SMILES string of the molecule is CCCOCCNc1ccc(F)c(Cl)c1. The van der Waals surface area contributed by atoms with Crippen LogP contribution in [0.5, 0.6) is 0 Å². The number of benzene rings is 1. The van der Waals surface area contributed by atoms with Crippen molar-refractivity contribution in [2.24, 2.45) is 0 Å². The maximum atomic E-state index is 12.8. The second-order valence-corrected chi connectivity index (χ2v) is 3.58. The fourth-order valence-electron chi connectivity index (χ4n) is 1.12. The first-order valence-electron chi connectivity index (χ1n) is 5.00. The molecule has 0 aliphatic rings. The quantitative estimate of drug-likeness (QED) is 0.759. The molecule has 0 heterocycles. The fraction of sp³-hybridized carbons (Fsp3) is 0.455. The third kappa shape index (κ3) is 4.49. The largest absolute Gasteiger partial charge is 0.383 e. The molecule has 1 aromatic carbocycles. The molecule has 1 aromatic rings. The van der Waals surface area contributed by atoms with Crippen LogP contribution in [-0.2, 0) is 4.74 Å². The molecule has 15 heavy (non-hydrogen) atoms. The molecule has 1 N–H and O–H groups in total. The Hall–Kier alpha value is -0.800. The molecule has 0 aliphatic carbocycles. The van der Waals surface area contributed by atoms with Gasteiger partial charge in [0, 0.05) is 18.8 Å². The van der Waals surface area contributed by atoms with E-state index in [2.05, 4.69) is 12.2 Å². The smallest absolute Gasteiger partial charge is 0.141 e. The maximum absolute atomic E-state index is 12.8. The molecule has 84 valence electrons. The molecule has 0 amide bonds. The lowest BCUT2D eigenvalue weighted by atomic mass is 10.3. The third-order valence-corrected chi connectivity index (χ3v) is 2.13. The third-order valence-electron chi connectivity index (χ3n) is 1.84. The molecule has 1 rings (SSSR count). The molecule has 0 bridgehead atoms. The van der Waals surface area contributed by atoms with E-state index in [0.29, 0.717) is 13.2 Å². The van der Waals surface area contributed by atoms with Crippen LogP contribution < -0.4 is 5.32 Å². The van der Waals surface area contributed by atoms with Crippen LogP contribution in [0, 0.1) is 5.82 Å². The Labute approximate surface area is 94.4 Å². The molecule has 0 saturated heterocycles. The zero-order valence-corrected chi connectivity index (χ0v) is 9.48. The lowest BCUT2D eigenvalue weighted by Gasteiger charge is -2.07. The Bertz CT molecular complexity index is 307. The molecule has 0 fully saturated rings. The highest BCUT2D eigenvalue weighted by Crippen LogP contribution is 2.18. The van der Waals surface area contributed by atoms with Crippen molar-refractivity contribution < 1.29 is 9.13 Å². The minimum atomic E-state index is -0.399. The Morgan fingerprint density at radius 3 is 2.87 bits per heavy atom. The van der Waals surface area contributed by atoms with E-state index in [1.807, 2.05) is 0 Å². The predicted molar refractivity (Wildman–Crippen MR) is 61.0 cm³/mol. The lowest BCUT2D eigenvalue weighted by molar-refractivity contribution is 0.144. The number of hydrogen-bond donors (Lipinski definition) is 1. The van der Waals surface area contributed by atoms with E-state index in [0.717, 1.165) is 18.7 Å². The number of halogens is 2. The summed E-state index contributed by atoms with van der Waals surface area (Å²) in [5, 5.41) is 3.23. The molecule has 0 atom stereocenters. The number of hydrogen-bond acceptors (Lipinski definition) is 2. The van der Waals surface area contributed by atoms with Gasteiger partial charge in [-0.25, -0.2) is 4.39 Å². The lowest BCUT2D eigenvalue weighted by Crippen LogP contribution is -2.09. The van der Waals surface area contributed by atoms with Gasteiger partial charge in [-0.05, 0) is 24.6 Å². The van der Waals surface area contributed by atoms with Crippen molar-refractivity contribution in [3.8, 4) is 0 Å². The van der Waals surface area contributed by atoms with Crippen LogP contribution in [0.1, 0.15) is 13.3 Å².